The quantitative estimate of drug-likeness (QED) is 0.208. The summed E-state index contributed by atoms with van der Waals surface area (Å²) in [6.07, 6.45) is 3.31. The number of ketones is 1. The minimum absolute atomic E-state index is 0.0312. The fourth-order valence-electron chi connectivity index (χ4n) is 2.92. The average molecular weight is 411 g/mol. The van der Waals surface area contributed by atoms with Gasteiger partial charge in [0, 0.05) is 23.4 Å². The first-order chi connectivity index (χ1) is 15.1. The summed E-state index contributed by atoms with van der Waals surface area (Å²) in [6.45, 7) is 0. The van der Waals surface area contributed by atoms with Crippen LogP contribution >= 0.6 is 0 Å². The molecule has 1 heterocycles. The molecule has 0 radical (unpaired) electrons. The lowest BCUT2D eigenvalue weighted by molar-refractivity contribution is -0.384. The van der Waals surface area contributed by atoms with Crippen LogP contribution in [0.3, 0.4) is 0 Å². The van der Waals surface area contributed by atoms with Crippen molar-refractivity contribution in [2.45, 2.75) is 0 Å². The van der Waals surface area contributed by atoms with Crippen molar-refractivity contribution in [3.8, 4) is 5.69 Å². The molecule has 0 saturated carbocycles. The maximum atomic E-state index is 13.1. The zero-order valence-corrected chi connectivity index (χ0v) is 16.3. The SMILES string of the molecule is O=C(/C(=C\c1cn(-c2ccccc2)nn1)Nc1ccc([N+](=O)[O-])cc1)c1ccccc1. The minimum Gasteiger partial charge on any atom is -0.352 e. The molecule has 4 aromatic rings. The van der Waals surface area contributed by atoms with Crippen molar-refractivity contribution >= 4 is 23.2 Å². The van der Waals surface area contributed by atoms with Crippen LogP contribution < -0.4 is 5.32 Å². The number of anilines is 1. The molecule has 3 aromatic carbocycles. The third-order valence-corrected chi connectivity index (χ3v) is 4.46. The van der Waals surface area contributed by atoms with Gasteiger partial charge in [-0.1, -0.05) is 53.7 Å². The van der Waals surface area contributed by atoms with E-state index in [1.807, 2.05) is 36.4 Å². The van der Waals surface area contributed by atoms with Crippen molar-refractivity contribution in [2.24, 2.45) is 0 Å². The van der Waals surface area contributed by atoms with Gasteiger partial charge in [-0.2, -0.15) is 0 Å². The van der Waals surface area contributed by atoms with Crippen LogP contribution in [-0.2, 0) is 0 Å². The van der Waals surface area contributed by atoms with Crippen LogP contribution in [0, 0.1) is 10.1 Å². The summed E-state index contributed by atoms with van der Waals surface area (Å²) in [6, 6.07) is 24.2. The second-order valence-corrected chi connectivity index (χ2v) is 6.61. The van der Waals surface area contributed by atoms with Crippen molar-refractivity contribution in [1.82, 2.24) is 15.0 Å². The highest BCUT2D eigenvalue weighted by Gasteiger charge is 2.15. The Morgan fingerprint density at radius 2 is 1.58 bits per heavy atom. The van der Waals surface area contributed by atoms with Crippen molar-refractivity contribution in [3.63, 3.8) is 0 Å². The number of non-ortho nitro benzene ring substituents is 1. The van der Waals surface area contributed by atoms with Crippen LogP contribution in [0.25, 0.3) is 11.8 Å². The second kappa shape index (κ2) is 8.83. The molecule has 1 aromatic heterocycles. The lowest BCUT2D eigenvalue weighted by Crippen LogP contribution is -2.12. The average Bonchev–Trinajstić information content (AvgIpc) is 3.28. The number of para-hydroxylation sites is 1. The number of hydrogen-bond acceptors (Lipinski definition) is 6. The molecule has 0 bridgehead atoms. The highest BCUT2D eigenvalue weighted by atomic mass is 16.6. The third kappa shape index (κ3) is 4.70. The molecule has 8 nitrogen and oxygen atoms in total. The zero-order chi connectivity index (χ0) is 21.6. The van der Waals surface area contributed by atoms with E-state index in [1.165, 1.54) is 12.1 Å². The Hall–Kier alpha value is -4.59. The molecule has 31 heavy (non-hydrogen) atoms. The fourth-order valence-corrected chi connectivity index (χ4v) is 2.92. The fraction of sp³-hybridized carbons (Fsp3) is 0. The lowest BCUT2D eigenvalue weighted by atomic mass is 10.1. The van der Waals surface area contributed by atoms with E-state index >= 15 is 0 Å². The number of allylic oxidation sites excluding steroid dienone is 1. The molecule has 0 aliphatic carbocycles. The highest BCUT2D eigenvalue weighted by Crippen LogP contribution is 2.20. The molecular weight excluding hydrogens is 394 g/mol. The Labute approximate surface area is 177 Å². The summed E-state index contributed by atoms with van der Waals surface area (Å²) in [5.74, 6) is -0.242. The topological polar surface area (TPSA) is 103 Å². The summed E-state index contributed by atoms with van der Waals surface area (Å²) in [5, 5.41) is 22.2. The molecule has 0 unspecified atom stereocenters. The standard InChI is InChI=1S/C23H17N5O3/c29-23(17-7-3-1-4-8-17)22(24-18-11-13-21(14-12-18)28(30)31)15-19-16-27(26-25-19)20-9-5-2-6-10-20/h1-16,24H/b22-15+. The van der Waals surface area contributed by atoms with E-state index in [0.717, 1.165) is 5.69 Å². The van der Waals surface area contributed by atoms with E-state index in [9.17, 15) is 14.9 Å². The number of hydrogen-bond donors (Lipinski definition) is 1. The van der Waals surface area contributed by atoms with Crippen LogP contribution in [-0.4, -0.2) is 25.7 Å². The number of carbonyl (C=O) groups excluding carboxylic acids is 1. The van der Waals surface area contributed by atoms with Gasteiger partial charge in [0.05, 0.1) is 22.5 Å². The number of carbonyl (C=O) groups is 1. The van der Waals surface area contributed by atoms with Gasteiger partial charge in [-0.3, -0.25) is 14.9 Å². The van der Waals surface area contributed by atoms with E-state index < -0.39 is 4.92 Å². The number of nitro groups is 1. The second-order valence-electron chi connectivity index (χ2n) is 6.61. The molecule has 0 spiro atoms. The summed E-state index contributed by atoms with van der Waals surface area (Å²) in [5.41, 5.74) is 2.60. The van der Waals surface area contributed by atoms with Gasteiger partial charge in [0.1, 0.15) is 5.69 Å². The van der Waals surface area contributed by atoms with Gasteiger partial charge in [-0.15, -0.1) is 5.10 Å². The van der Waals surface area contributed by atoms with Crippen molar-refractivity contribution in [3.05, 3.63) is 118 Å². The summed E-state index contributed by atoms with van der Waals surface area (Å²) < 4.78 is 1.61. The van der Waals surface area contributed by atoms with E-state index in [4.69, 9.17) is 0 Å². The first-order valence-electron chi connectivity index (χ1n) is 9.41. The Bertz CT molecular complexity index is 1230. The minimum atomic E-state index is -0.475. The maximum absolute atomic E-state index is 13.1. The molecular formula is C23H17N5O3. The molecule has 4 rings (SSSR count). The summed E-state index contributed by atoms with van der Waals surface area (Å²) in [7, 11) is 0. The summed E-state index contributed by atoms with van der Waals surface area (Å²) >= 11 is 0. The largest absolute Gasteiger partial charge is 0.352 e. The maximum Gasteiger partial charge on any atom is 0.269 e. The molecule has 0 aliphatic heterocycles. The molecule has 0 amide bonds. The van der Waals surface area contributed by atoms with Crippen LogP contribution in [0.1, 0.15) is 16.1 Å². The molecule has 0 aliphatic rings. The molecule has 152 valence electrons. The van der Waals surface area contributed by atoms with E-state index in [1.54, 1.807) is 53.4 Å². The number of benzene rings is 3. The van der Waals surface area contributed by atoms with Gasteiger partial charge in [0.15, 0.2) is 0 Å². The Morgan fingerprint density at radius 1 is 0.935 bits per heavy atom. The first-order valence-corrected chi connectivity index (χ1v) is 9.41. The van der Waals surface area contributed by atoms with Crippen LogP contribution in [0.4, 0.5) is 11.4 Å². The molecule has 0 fully saturated rings. The highest BCUT2D eigenvalue weighted by molar-refractivity contribution is 6.13. The van der Waals surface area contributed by atoms with Gasteiger partial charge < -0.3 is 5.32 Å². The Kier molecular flexibility index (Phi) is 5.62. The molecule has 0 saturated heterocycles. The number of nitro benzene ring substituents is 1. The molecule has 0 atom stereocenters. The molecule has 8 heteroatoms. The zero-order valence-electron chi connectivity index (χ0n) is 16.3. The Balaban J connectivity index is 1.67. The van der Waals surface area contributed by atoms with Crippen molar-refractivity contribution in [2.75, 3.05) is 5.32 Å². The number of Topliss-reactive ketones (excluding diaryl/α,β-unsaturated/α-hetero) is 1. The van der Waals surface area contributed by atoms with E-state index in [-0.39, 0.29) is 17.2 Å². The predicted molar refractivity (Wildman–Crippen MR) is 117 cm³/mol. The van der Waals surface area contributed by atoms with Crippen LogP contribution in [0.2, 0.25) is 0 Å². The molecule has 1 N–H and O–H groups in total. The first kappa shape index (κ1) is 19.7. The normalized spacial score (nSPS) is 11.2. The van der Waals surface area contributed by atoms with Gasteiger partial charge >= 0.3 is 0 Å². The number of rotatable bonds is 7. The van der Waals surface area contributed by atoms with Crippen LogP contribution in [0.5, 0.6) is 0 Å². The van der Waals surface area contributed by atoms with Crippen molar-refractivity contribution in [1.29, 1.82) is 0 Å². The Morgan fingerprint density at radius 3 is 2.23 bits per heavy atom. The predicted octanol–water partition coefficient (Wildman–Crippen LogP) is 4.51. The van der Waals surface area contributed by atoms with E-state index in [2.05, 4.69) is 15.6 Å². The van der Waals surface area contributed by atoms with Gasteiger partial charge in [0.2, 0.25) is 5.78 Å². The summed E-state index contributed by atoms with van der Waals surface area (Å²) in [4.78, 5) is 23.5. The van der Waals surface area contributed by atoms with Crippen LogP contribution in [0.15, 0.2) is 96.8 Å². The van der Waals surface area contributed by atoms with Gasteiger partial charge in [-0.25, -0.2) is 4.68 Å². The number of nitrogens with one attached hydrogen (secondary N) is 1. The van der Waals surface area contributed by atoms with E-state index in [0.29, 0.717) is 16.9 Å². The third-order valence-electron chi connectivity index (χ3n) is 4.46. The monoisotopic (exact) mass is 411 g/mol. The number of aromatic nitrogens is 3. The lowest BCUT2D eigenvalue weighted by Gasteiger charge is -2.10. The smallest absolute Gasteiger partial charge is 0.269 e. The van der Waals surface area contributed by atoms with Gasteiger partial charge in [-0.05, 0) is 30.3 Å². The van der Waals surface area contributed by atoms with Gasteiger partial charge in [0.25, 0.3) is 5.69 Å². The van der Waals surface area contributed by atoms with Crippen molar-refractivity contribution < 1.29 is 9.72 Å². The number of nitrogens with zero attached hydrogens (tertiary/aromatic N) is 4.